The summed E-state index contributed by atoms with van der Waals surface area (Å²) in [7, 11) is 0. The van der Waals surface area contributed by atoms with Crippen LogP contribution >= 0.6 is 23.4 Å². The Labute approximate surface area is 115 Å². The van der Waals surface area contributed by atoms with Crippen molar-refractivity contribution in [3.63, 3.8) is 0 Å². The second-order valence-electron chi connectivity index (χ2n) is 3.98. The second kappa shape index (κ2) is 5.63. The fourth-order valence-corrected chi connectivity index (χ4v) is 2.78. The molecule has 2 aromatic rings. The summed E-state index contributed by atoms with van der Waals surface area (Å²) < 4.78 is 5.22. The highest BCUT2D eigenvalue weighted by Gasteiger charge is 2.18. The van der Waals surface area contributed by atoms with Gasteiger partial charge in [0.25, 0.3) is 0 Å². The number of thioether (sulfide) groups is 1. The summed E-state index contributed by atoms with van der Waals surface area (Å²) in [5, 5.41) is 0.414. The van der Waals surface area contributed by atoms with Crippen LogP contribution in [-0.2, 0) is 0 Å². The van der Waals surface area contributed by atoms with Crippen LogP contribution in [-0.4, -0.2) is 11.0 Å². The van der Waals surface area contributed by atoms with E-state index in [1.165, 1.54) is 11.8 Å². The molecule has 0 aliphatic rings. The molecule has 1 aromatic heterocycles. The zero-order valence-corrected chi connectivity index (χ0v) is 11.7. The van der Waals surface area contributed by atoms with Crippen LogP contribution in [0.3, 0.4) is 0 Å². The quantitative estimate of drug-likeness (QED) is 0.605. The molecular weight excluding hydrogens is 268 g/mol. The molecule has 2 nitrogen and oxygen atoms in total. The maximum atomic E-state index is 12.2. The molecule has 0 N–H and O–H groups in total. The molecule has 0 radical (unpaired) electrons. The number of hydrogen-bond acceptors (Lipinski definition) is 3. The highest BCUT2D eigenvalue weighted by atomic mass is 35.5. The molecule has 4 heteroatoms. The smallest absolute Gasteiger partial charge is 0.175 e. The Morgan fingerprint density at radius 2 is 2.17 bits per heavy atom. The van der Waals surface area contributed by atoms with Crippen LogP contribution in [0, 0.1) is 6.92 Å². The van der Waals surface area contributed by atoms with Gasteiger partial charge in [0.05, 0.1) is 11.5 Å². The van der Waals surface area contributed by atoms with Gasteiger partial charge in [-0.15, -0.1) is 11.8 Å². The minimum Gasteiger partial charge on any atom is -0.468 e. The first-order valence-electron chi connectivity index (χ1n) is 5.58. The number of halogens is 1. The van der Waals surface area contributed by atoms with Crippen LogP contribution < -0.4 is 0 Å². The van der Waals surface area contributed by atoms with Crippen molar-refractivity contribution in [2.45, 2.75) is 24.0 Å². The number of carbonyl (C=O) groups is 1. The molecule has 18 heavy (non-hydrogen) atoms. The monoisotopic (exact) mass is 280 g/mol. The Morgan fingerprint density at radius 3 is 2.78 bits per heavy atom. The van der Waals surface area contributed by atoms with Crippen molar-refractivity contribution in [3.05, 3.63) is 52.9 Å². The Balaban J connectivity index is 2.12. The van der Waals surface area contributed by atoms with Crippen LogP contribution in [0.4, 0.5) is 0 Å². The topological polar surface area (TPSA) is 30.2 Å². The van der Waals surface area contributed by atoms with E-state index in [-0.39, 0.29) is 11.0 Å². The maximum Gasteiger partial charge on any atom is 0.175 e. The summed E-state index contributed by atoms with van der Waals surface area (Å²) in [6.07, 6.45) is 1.63. The molecule has 0 aliphatic heterocycles. The average molecular weight is 281 g/mol. The summed E-state index contributed by atoms with van der Waals surface area (Å²) in [6.45, 7) is 3.78. The van der Waals surface area contributed by atoms with E-state index < -0.39 is 0 Å². The van der Waals surface area contributed by atoms with E-state index in [0.29, 0.717) is 10.6 Å². The van der Waals surface area contributed by atoms with Gasteiger partial charge >= 0.3 is 0 Å². The van der Waals surface area contributed by atoms with Crippen LogP contribution in [0.15, 0.2) is 45.9 Å². The lowest BCUT2D eigenvalue weighted by atomic mass is 10.1. The zero-order valence-electron chi connectivity index (χ0n) is 10.1. The fraction of sp³-hybridized carbons (Fsp3) is 0.214. The SMILES string of the molecule is Cc1occc1SC(C)C(=O)c1cccc(Cl)c1. The molecule has 2 rings (SSSR count). The highest BCUT2D eigenvalue weighted by molar-refractivity contribution is 8.00. The molecule has 1 heterocycles. The van der Waals surface area contributed by atoms with Crippen molar-refractivity contribution in [3.8, 4) is 0 Å². The molecule has 0 saturated carbocycles. The van der Waals surface area contributed by atoms with Crippen molar-refractivity contribution in [2.24, 2.45) is 0 Å². The molecule has 0 fully saturated rings. The van der Waals surface area contributed by atoms with Gasteiger partial charge in [0.15, 0.2) is 5.78 Å². The molecule has 1 unspecified atom stereocenters. The van der Waals surface area contributed by atoms with Gasteiger partial charge in [-0.3, -0.25) is 4.79 Å². The first-order valence-corrected chi connectivity index (χ1v) is 6.84. The van der Waals surface area contributed by atoms with Gasteiger partial charge in [-0.1, -0.05) is 23.7 Å². The summed E-state index contributed by atoms with van der Waals surface area (Å²) in [5.41, 5.74) is 0.642. The largest absolute Gasteiger partial charge is 0.468 e. The van der Waals surface area contributed by atoms with E-state index >= 15 is 0 Å². The van der Waals surface area contributed by atoms with Gasteiger partial charge < -0.3 is 4.42 Å². The Kier molecular flexibility index (Phi) is 4.15. The highest BCUT2D eigenvalue weighted by Crippen LogP contribution is 2.29. The third-order valence-corrected chi connectivity index (χ3v) is 4.07. The molecule has 1 atom stereocenters. The van der Waals surface area contributed by atoms with E-state index in [1.807, 2.05) is 19.9 Å². The van der Waals surface area contributed by atoms with Crippen LogP contribution in [0.2, 0.25) is 5.02 Å². The summed E-state index contributed by atoms with van der Waals surface area (Å²) in [6, 6.07) is 8.91. The number of benzene rings is 1. The molecule has 1 aromatic carbocycles. The lowest BCUT2D eigenvalue weighted by molar-refractivity contribution is 0.0994. The number of furan rings is 1. The molecule has 0 spiro atoms. The third kappa shape index (κ3) is 2.98. The van der Waals surface area contributed by atoms with E-state index in [9.17, 15) is 4.79 Å². The van der Waals surface area contributed by atoms with Gasteiger partial charge in [0.2, 0.25) is 0 Å². The van der Waals surface area contributed by atoms with Gasteiger partial charge in [-0.25, -0.2) is 0 Å². The molecule has 0 bridgehead atoms. The first-order chi connectivity index (χ1) is 8.58. The second-order valence-corrected chi connectivity index (χ2v) is 5.79. The summed E-state index contributed by atoms with van der Waals surface area (Å²) in [5.74, 6) is 0.911. The predicted octanol–water partition coefficient (Wildman–Crippen LogP) is 4.60. The number of hydrogen-bond donors (Lipinski definition) is 0. The average Bonchev–Trinajstić information content (AvgIpc) is 2.74. The van der Waals surface area contributed by atoms with Gasteiger partial charge in [-0.05, 0) is 32.0 Å². The zero-order chi connectivity index (χ0) is 13.1. The number of Topliss-reactive ketones (excluding diaryl/α,β-unsaturated/α-hetero) is 1. The number of carbonyl (C=O) groups excluding carboxylic acids is 1. The molecule has 0 aliphatic carbocycles. The first kappa shape index (κ1) is 13.2. The minimum atomic E-state index is -0.167. The molecule has 0 saturated heterocycles. The van der Waals surface area contributed by atoms with Gasteiger partial charge in [0, 0.05) is 15.5 Å². The van der Waals surface area contributed by atoms with E-state index in [0.717, 1.165) is 10.7 Å². The lowest BCUT2D eigenvalue weighted by Gasteiger charge is -2.09. The summed E-state index contributed by atoms with van der Waals surface area (Å²) >= 11 is 7.39. The van der Waals surface area contributed by atoms with Crippen molar-refractivity contribution in [2.75, 3.05) is 0 Å². The number of rotatable bonds is 4. The maximum absolute atomic E-state index is 12.2. The van der Waals surface area contributed by atoms with E-state index in [4.69, 9.17) is 16.0 Å². The number of ketones is 1. The van der Waals surface area contributed by atoms with Crippen molar-refractivity contribution in [1.29, 1.82) is 0 Å². The normalized spacial score (nSPS) is 12.4. The molecule has 94 valence electrons. The predicted molar refractivity (Wildman–Crippen MR) is 74.5 cm³/mol. The fourth-order valence-electron chi connectivity index (χ4n) is 1.62. The van der Waals surface area contributed by atoms with Crippen molar-refractivity contribution >= 4 is 29.1 Å². The number of aryl methyl sites for hydroxylation is 1. The molecular formula is C14H13ClO2S. The minimum absolute atomic E-state index is 0.0723. The van der Waals surface area contributed by atoms with Crippen LogP contribution in [0.1, 0.15) is 23.0 Å². The van der Waals surface area contributed by atoms with Crippen LogP contribution in [0.5, 0.6) is 0 Å². The van der Waals surface area contributed by atoms with Gasteiger partial charge in [-0.2, -0.15) is 0 Å². The molecule has 0 amide bonds. The lowest BCUT2D eigenvalue weighted by Crippen LogP contribution is -2.13. The standard InChI is InChI=1S/C14H13ClO2S/c1-9-13(6-7-17-9)18-10(2)14(16)11-4-3-5-12(15)8-11/h3-8,10H,1-2H3. The van der Waals surface area contributed by atoms with E-state index in [2.05, 4.69) is 0 Å². The van der Waals surface area contributed by atoms with Crippen molar-refractivity contribution in [1.82, 2.24) is 0 Å². The van der Waals surface area contributed by atoms with Crippen LogP contribution in [0.25, 0.3) is 0 Å². The Bertz CT molecular complexity index is 562. The summed E-state index contributed by atoms with van der Waals surface area (Å²) in [4.78, 5) is 13.2. The van der Waals surface area contributed by atoms with E-state index in [1.54, 1.807) is 30.5 Å². The van der Waals surface area contributed by atoms with Gasteiger partial charge in [0.1, 0.15) is 5.76 Å². The Morgan fingerprint density at radius 1 is 1.39 bits per heavy atom. The third-order valence-electron chi connectivity index (χ3n) is 2.59. The van der Waals surface area contributed by atoms with Crippen molar-refractivity contribution < 1.29 is 9.21 Å². The Hall–Kier alpha value is -1.19.